The SMILES string of the molecule is CCC(C(=O)c1ccccc1)S(=O)c1ccccc1OC. The molecule has 0 aromatic heterocycles. The molecule has 2 aromatic carbocycles. The zero-order chi connectivity index (χ0) is 15.2. The Morgan fingerprint density at radius 1 is 1.10 bits per heavy atom. The van der Waals surface area contributed by atoms with Crippen molar-refractivity contribution in [2.45, 2.75) is 23.5 Å². The summed E-state index contributed by atoms with van der Waals surface area (Å²) in [6.07, 6.45) is 0.512. The fraction of sp³-hybridized carbons (Fsp3) is 0.235. The van der Waals surface area contributed by atoms with Gasteiger partial charge in [0.15, 0.2) is 5.78 Å². The summed E-state index contributed by atoms with van der Waals surface area (Å²) >= 11 is 0. The van der Waals surface area contributed by atoms with Gasteiger partial charge in [0.2, 0.25) is 0 Å². The average Bonchev–Trinajstić information content (AvgIpc) is 2.56. The van der Waals surface area contributed by atoms with E-state index in [1.165, 1.54) is 7.11 Å². The number of Topliss-reactive ketones (excluding diaryl/α,β-unsaturated/α-hetero) is 1. The number of carbonyl (C=O) groups is 1. The molecule has 0 saturated carbocycles. The molecule has 0 N–H and O–H groups in total. The van der Waals surface area contributed by atoms with E-state index in [0.29, 0.717) is 22.6 Å². The predicted octanol–water partition coefficient (Wildman–Crippen LogP) is 3.46. The number of rotatable bonds is 6. The summed E-state index contributed by atoms with van der Waals surface area (Å²) in [5.74, 6) is 0.456. The first-order valence-electron chi connectivity index (χ1n) is 6.82. The van der Waals surface area contributed by atoms with E-state index in [4.69, 9.17) is 4.74 Å². The van der Waals surface area contributed by atoms with Crippen LogP contribution in [-0.4, -0.2) is 22.4 Å². The van der Waals surface area contributed by atoms with Crippen molar-refractivity contribution in [2.24, 2.45) is 0 Å². The van der Waals surface area contributed by atoms with Gasteiger partial charge in [-0.05, 0) is 18.6 Å². The fourth-order valence-corrected chi connectivity index (χ4v) is 3.66. The quantitative estimate of drug-likeness (QED) is 0.767. The van der Waals surface area contributed by atoms with Crippen LogP contribution in [0.2, 0.25) is 0 Å². The van der Waals surface area contributed by atoms with Gasteiger partial charge in [-0.2, -0.15) is 0 Å². The molecule has 0 aliphatic carbocycles. The lowest BCUT2D eigenvalue weighted by Crippen LogP contribution is -2.25. The van der Waals surface area contributed by atoms with E-state index in [2.05, 4.69) is 0 Å². The molecule has 2 unspecified atom stereocenters. The van der Waals surface area contributed by atoms with Crippen LogP contribution in [-0.2, 0) is 10.8 Å². The van der Waals surface area contributed by atoms with Crippen LogP contribution in [0.5, 0.6) is 5.75 Å². The summed E-state index contributed by atoms with van der Waals surface area (Å²) in [4.78, 5) is 13.1. The molecule has 0 aliphatic rings. The summed E-state index contributed by atoms with van der Waals surface area (Å²) in [5.41, 5.74) is 0.590. The number of hydrogen-bond acceptors (Lipinski definition) is 3. The highest BCUT2D eigenvalue weighted by atomic mass is 32.2. The van der Waals surface area contributed by atoms with Gasteiger partial charge in [0.05, 0.1) is 22.8 Å². The molecular formula is C17H18O3S. The molecule has 2 atom stereocenters. The van der Waals surface area contributed by atoms with Gasteiger partial charge in [-0.1, -0.05) is 49.4 Å². The second-order valence-corrected chi connectivity index (χ2v) is 6.18. The van der Waals surface area contributed by atoms with Gasteiger partial charge < -0.3 is 4.74 Å². The first-order valence-corrected chi connectivity index (χ1v) is 8.03. The van der Waals surface area contributed by atoms with E-state index in [0.717, 1.165) is 0 Å². The first kappa shape index (κ1) is 15.4. The number of methoxy groups -OCH3 is 1. The van der Waals surface area contributed by atoms with Crippen LogP contribution in [0, 0.1) is 0 Å². The molecule has 0 saturated heterocycles. The molecule has 0 fully saturated rings. The number of ketones is 1. The lowest BCUT2D eigenvalue weighted by atomic mass is 10.1. The second-order valence-electron chi connectivity index (χ2n) is 4.58. The van der Waals surface area contributed by atoms with Gasteiger partial charge in [-0.3, -0.25) is 9.00 Å². The van der Waals surface area contributed by atoms with Gasteiger partial charge >= 0.3 is 0 Å². The molecule has 3 nitrogen and oxygen atoms in total. The van der Waals surface area contributed by atoms with E-state index in [1.807, 2.05) is 31.2 Å². The highest BCUT2D eigenvalue weighted by Gasteiger charge is 2.27. The van der Waals surface area contributed by atoms with Crippen molar-refractivity contribution < 1.29 is 13.7 Å². The maximum atomic E-state index is 12.8. The number of para-hydroxylation sites is 1. The van der Waals surface area contributed by atoms with Gasteiger partial charge in [-0.15, -0.1) is 0 Å². The van der Waals surface area contributed by atoms with Crippen LogP contribution in [0.25, 0.3) is 0 Å². The molecule has 0 amide bonds. The molecule has 0 heterocycles. The third kappa shape index (κ3) is 3.39. The van der Waals surface area contributed by atoms with E-state index in [1.54, 1.807) is 30.3 Å². The van der Waals surface area contributed by atoms with Crippen molar-refractivity contribution in [3.8, 4) is 5.75 Å². The van der Waals surface area contributed by atoms with E-state index >= 15 is 0 Å². The molecule has 0 bridgehead atoms. The van der Waals surface area contributed by atoms with E-state index in [-0.39, 0.29) is 5.78 Å². The van der Waals surface area contributed by atoms with Gasteiger partial charge in [-0.25, -0.2) is 0 Å². The van der Waals surface area contributed by atoms with Crippen molar-refractivity contribution in [1.29, 1.82) is 0 Å². The Kier molecular flexibility index (Phi) is 5.28. The van der Waals surface area contributed by atoms with Crippen molar-refractivity contribution in [1.82, 2.24) is 0 Å². The fourth-order valence-electron chi connectivity index (χ4n) is 2.16. The average molecular weight is 302 g/mol. The molecule has 0 radical (unpaired) electrons. The minimum atomic E-state index is -1.44. The first-order chi connectivity index (χ1) is 10.2. The van der Waals surface area contributed by atoms with Gasteiger partial charge in [0, 0.05) is 5.56 Å². The van der Waals surface area contributed by atoms with Crippen molar-refractivity contribution in [2.75, 3.05) is 7.11 Å². The minimum absolute atomic E-state index is 0.0951. The van der Waals surface area contributed by atoms with Crippen LogP contribution >= 0.6 is 0 Å². The molecule has 4 heteroatoms. The van der Waals surface area contributed by atoms with Crippen LogP contribution in [0.4, 0.5) is 0 Å². The summed E-state index contributed by atoms with van der Waals surface area (Å²) in [7, 11) is 0.0999. The zero-order valence-electron chi connectivity index (χ0n) is 12.1. The monoisotopic (exact) mass is 302 g/mol. The molecule has 2 aromatic rings. The van der Waals surface area contributed by atoms with Crippen LogP contribution in [0.1, 0.15) is 23.7 Å². The number of benzene rings is 2. The Bertz CT molecular complexity index is 637. The molecule has 21 heavy (non-hydrogen) atoms. The summed E-state index contributed by atoms with van der Waals surface area (Å²) in [6.45, 7) is 1.87. The third-order valence-corrected chi connectivity index (χ3v) is 5.10. The Labute approximate surface area is 127 Å². The molecule has 0 spiro atoms. The Morgan fingerprint density at radius 2 is 1.71 bits per heavy atom. The highest BCUT2D eigenvalue weighted by Crippen LogP contribution is 2.26. The maximum absolute atomic E-state index is 12.8. The topological polar surface area (TPSA) is 43.4 Å². The highest BCUT2D eigenvalue weighted by molar-refractivity contribution is 7.86. The lowest BCUT2D eigenvalue weighted by molar-refractivity contribution is 0.0986. The summed E-state index contributed by atoms with van der Waals surface area (Å²) in [5, 5.41) is -0.566. The van der Waals surface area contributed by atoms with Crippen LogP contribution in [0.3, 0.4) is 0 Å². The smallest absolute Gasteiger partial charge is 0.178 e. The number of hydrogen-bond donors (Lipinski definition) is 0. The summed E-state index contributed by atoms with van der Waals surface area (Å²) in [6, 6.07) is 16.1. The third-order valence-electron chi connectivity index (χ3n) is 3.27. The van der Waals surface area contributed by atoms with Crippen LogP contribution < -0.4 is 4.74 Å². The zero-order valence-corrected chi connectivity index (χ0v) is 12.9. The molecular weight excluding hydrogens is 284 g/mol. The van der Waals surface area contributed by atoms with Crippen molar-refractivity contribution in [3.63, 3.8) is 0 Å². The van der Waals surface area contributed by atoms with Crippen molar-refractivity contribution >= 4 is 16.6 Å². The Hall–Kier alpha value is -1.94. The van der Waals surface area contributed by atoms with Crippen LogP contribution in [0.15, 0.2) is 59.5 Å². The predicted molar refractivity (Wildman–Crippen MR) is 84.3 cm³/mol. The minimum Gasteiger partial charge on any atom is -0.495 e. The van der Waals surface area contributed by atoms with Crippen molar-refractivity contribution in [3.05, 3.63) is 60.2 Å². The van der Waals surface area contributed by atoms with E-state index < -0.39 is 16.0 Å². The Balaban J connectivity index is 2.33. The lowest BCUT2D eigenvalue weighted by Gasteiger charge is -2.15. The molecule has 2 rings (SSSR count). The van der Waals surface area contributed by atoms with E-state index in [9.17, 15) is 9.00 Å². The number of carbonyl (C=O) groups excluding carboxylic acids is 1. The molecule has 110 valence electrons. The van der Waals surface area contributed by atoms with Gasteiger partial charge in [0.25, 0.3) is 0 Å². The summed E-state index contributed by atoms with van der Waals surface area (Å²) < 4.78 is 18.0. The maximum Gasteiger partial charge on any atom is 0.178 e. The largest absolute Gasteiger partial charge is 0.495 e. The molecule has 0 aliphatic heterocycles. The standard InChI is InChI=1S/C17H18O3S/c1-3-15(17(18)13-9-5-4-6-10-13)21(19)16-12-8-7-11-14(16)20-2/h4-12,15H,3H2,1-2H3. The Morgan fingerprint density at radius 3 is 2.33 bits per heavy atom. The normalized spacial score (nSPS) is 13.4. The second kappa shape index (κ2) is 7.18. The van der Waals surface area contributed by atoms with Gasteiger partial charge in [0.1, 0.15) is 11.0 Å². The number of ether oxygens (including phenoxy) is 1.